The van der Waals surface area contributed by atoms with Gasteiger partial charge in [0, 0.05) is 5.56 Å². The van der Waals surface area contributed by atoms with Crippen molar-refractivity contribution in [3.05, 3.63) is 34.9 Å². The van der Waals surface area contributed by atoms with Gasteiger partial charge in [0.2, 0.25) is 0 Å². The standard InChI is InChI=1S/C13H15F6N/c1-8(2)20(3)7-9-10(12(14,15)16)5-4-6-11(9)13(17,18)19/h4-6,8H,7H2,1-3H3/p+1. The van der Waals surface area contributed by atoms with Crippen LogP contribution in [0.25, 0.3) is 0 Å². The first-order valence-electron chi connectivity index (χ1n) is 6.03. The van der Waals surface area contributed by atoms with Crippen LogP contribution in [0.1, 0.15) is 30.5 Å². The molecule has 1 rings (SSSR count). The number of quaternary nitrogens is 1. The zero-order valence-corrected chi connectivity index (χ0v) is 11.3. The quantitative estimate of drug-likeness (QED) is 0.818. The third kappa shape index (κ3) is 3.88. The van der Waals surface area contributed by atoms with Crippen LogP contribution in [-0.2, 0) is 18.9 Å². The van der Waals surface area contributed by atoms with Crippen molar-refractivity contribution in [1.29, 1.82) is 0 Å². The molecule has 0 spiro atoms. The third-order valence-electron chi connectivity index (χ3n) is 3.23. The van der Waals surface area contributed by atoms with E-state index < -0.39 is 29.0 Å². The maximum Gasteiger partial charge on any atom is 0.416 e. The van der Waals surface area contributed by atoms with Crippen LogP contribution in [-0.4, -0.2) is 13.1 Å². The summed E-state index contributed by atoms with van der Waals surface area (Å²) < 4.78 is 77.3. The van der Waals surface area contributed by atoms with Crippen molar-refractivity contribution in [3.63, 3.8) is 0 Å². The van der Waals surface area contributed by atoms with Crippen LogP contribution in [0.15, 0.2) is 18.2 Å². The van der Waals surface area contributed by atoms with Crippen molar-refractivity contribution in [1.82, 2.24) is 0 Å². The van der Waals surface area contributed by atoms with Crippen LogP contribution in [0.3, 0.4) is 0 Å². The van der Waals surface area contributed by atoms with Gasteiger partial charge in [-0.05, 0) is 26.0 Å². The Bertz CT molecular complexity index is 429. The van der Waals surface area contributed by atoms with Crippen molar-refractivity contribution in [2.75, 3.05) is 7.05 Å². The molecule has 1 aromatic carbocycles. The number of alkyl halides is 6. The van der Waals surface area contributed by atoms with Gasteiger partial charge in [-0.1, -0.05) is 6.07 Å². The minimum Gasteiger partial charge on any atom is -0.332 e. The molecular weight excluding hydrogens is 284 g/mol. The number of nitrogens with one attached hydrogen (secondary N) is 1. The highest BCUT2D eigenvalue weighted by Crippen LogP contribution is 2.38. The highest BCUT2D eigenvalue weighted by atomic mass is 19.4. The molecule has 1 nitrogen and oxygen atoms in total. The molecule has 0 bridgehead atoms. The van der Waals surface area contributed by atoms with Gasteiger partial charge in [0.05, 0.1) is 24.2 Å². The fourth-order valence-corrected chi connectivity index (χ4v) is 1.79. The van der Waals surface area contributed by atoms with E-state index >= 15 is 0 Å². The molecule has 1 aromatic rings. The van der Waals surface area contributed by atoms with Crippen molar-refractivity contribution in [2.45, 2.75) is 38.8 Å². The SMILES string of the molecule is CC(C)[NH+](C)Cc1c(C(F)(F)F)cccc1C(F)(F)F. The highest BCUT2D eigenvalue weighted by molar-refractivity contribution is 5.38. The predicted octanol–water partition coefficient (Wildman–Crippen LogP) is 3.15. The Balaban J connectivity index is 3.41. The van der Waals surface area contributed by atoms with Crippen LogP contribution in [0.5, 0.6) is 0 Å². The topological polar surface area (TPSA) is 4.44 Å². The second-order valence-corrected chi connectivity index (χ2v) is 5.01. The van der Waals surface area contributed by atoms with Crippen LogP contribution in [0, 0.1) is 0 Å². The van der Waals surface area contributed by atoms with Crippen LogP contribution in [0.2, 0.25) is 0 Å². The first-order valence-corrected chi connectivity index (χ1v) is 6.03. The zero-order valence-electron chi connectivity index (χ0n) is 11.3. The molecule has 20 heavy (non-hydrogen) atoms. The Kier molecular flexibility index (Phi) is 4.74. The molecule has 0 aliphatic carbocycles. The molecular formula is C13H16F6N+. The number of hydrogen-bond donors (Lipinski definition) is 1. The minimum absolute atomic E-state index is 0.0858. The summed E-state index contributed by atoms with van der Waals surface area (Å²) in [6, 6.07) is 2.09. The van der Waals surface area contributed by atoms with E-state index in [-0.39, 0.29) is 12.6 Å². The smallest absolute Gasteiger partial charge is 0.332 e. The molecule has 0 fully saturated rings. The average molecular weight is 300 g/mol. The molecule has 1 atom stereocenters. The molecule has 7 heteroatoms. The number of rotatable bonds is 3. The normalized spacial score (nSPS) is 14.7. The predicted molar refractivity (Wildman–Crippen MR) is 62.2 cm³/mol. The average Bonchev–Trinajstić information content (AvgIpc) is 2.25. The van der Waals surface area contributed by atoms with E-state index in [9.17, 15) is 26.3 Å². The van der Waals surface area contributed by atoms with E-state index in [1.165, 1.54) is 0 Å². The molecule has 0 heterocycles. The van der Waals surface area contributed by atoms with Gasteiger partial charge in [-0.3, -0.25) is 0 Å². The summed E-state index contributed by atoms with van der Waals surface area (Å²) in [7, 11) is 1.57. The van der Waals surface area contributed by atoms with E-state index in [2.05, 4.69) is 0 Å². The molecule has 1 unspecified atom stereocenters. The van der Waals surface area contributed by atoms with Crippen LogP contribution >= 0.6 is 0 Å². The lowest BCUT2D eigenvalue weighted by molar-refractivity contribution is -0.915. The molecule has 1 N–H and O–H groups in total. The monoisotopic (exact) mass is 300 g/mol. The Morgan fingerprint density at radius 1 is 0.950 bits per heavy atom. The van der Waals surface area contributed by atoms with E-state index in [1.807, 2.05) is 0 Å². The van der Waals surface area contributed by atoms with E-state index in [1.54, 1.807) is 20.9 Å². The van der Waals surface area contributed by atoms with Gasteiger partial charge in [0.25, 0.3) is 0 Å². The van der Waals surface area contributed by atoms with Crippen molar-refractivity contribution in [3.8, 4) is 0 Å². The molecule has 0 aliphatic heterocycles. The number of hydrogen-bond acceptors (Lipinski definition) is 0. The van der Waals surface area contributed by atoms with Crippen molar-refractivity contribution in [2.24, 2.45) is 0 Å². The summed E-state index contributed by atoms with van der Waals surface area (Å²) >= 11 is 0. The van der Waals surface area contributed by atoms with E-state index in [4.69, 9.17) is 0 Å². The molecule has 0 aliphatic rings. The fraction of sp³-hybridized carbons (Fsp3) is 0.538. The largest absolute Gasteiger partial charge is 0.416 e. The van der Waals surface area contributed by atoms with Crippen molar-refractivity contribution < 1.29 is 31.2 Å². The molecule has 0 radical (unpaired) electrons. The molecule has 0 saturated carbocycles. The maximum atomic E-state index is 12.9. The van der Waals surface area contributed by atoms with Gasteiger partial charge in [-0.2, -0.15) is 26.3 Å². The number of halogens is 6. The summed E-state index contributed by atoms with van der Waals surface area (Å²) in [6.45, 7) is 3.14. The summed E-state index contributed by atoms with van der Waals surface area (Å²) in [5, 5.41) is 0. The third-order valence-corrected chi connectivity index (χ3v) is 3.23. The first kappa shape index (κ1) is 16.8. The van der Waals surface area contributed by atoms with Gasteiger partial charge in [0.15, 0.2) is 0 Å². The lowest BCUT2D eigenvalue weighted by atomic mass is 9.99. The van der Waals surface area contributed by atoms with Gasteiger partial charge in [-0.25, -0.2) is 0 Å². The van der Waals surface area contributed by atoms with Crippen molar-refractivity contribution >= 4 is 0 Å². The second kappa shape index (κ2) is 5.63. The summed E-state index contributed by atoms with van der Waals surface area (Å²) in [4.78, 5) is 0.576. The summed E-state index contributed by atoms with van der Waals surface area (Å²) in [5.74, 6) is 0. The Hall–Kier alpha value is -1.24. The van der Waals surface area contributed by atoms with Crippen LogP contribution in [0.4, 0.5) is 26.3 Å². The van der Waals surface area contributed by atoms with Gasteiger partial charge in [0.1, 0.15) is 6.54 Å². The van der Waals surface area contributed by atoms with E-state index in [0.717, 1.165) is 6.07 Å². The Morgan fingerprint density at radius 2 is 1.35 bits per heavy atom. The maximum absolute atomic E-state index is 12.9. The lowest BCUT2D eigenvalue weighted by Crippen LogP contribution is -3.10. The van der Waals surface area contributed by atoms with Crippen LogP contribution < -0.4 is 4.90 Å². The van der Waals surface area contributed by atoms with Gasteiger partial charge in [-0.15, -0.1) is 0 Å². The first-order chi connectivity index (χ1) is 8.94. The number of benzene rings is 1. The summed E-state index contributed by atoms with van der Waals surface area (Å²) in [6.07, 6.45) is -9.60. The second-order valence-electron chi connectivity index (χ2n) is 5.01. The van der Waals surface area contributed by atoms with Gasteiger partial charge >= 0.3 is 12.4 Å². The minimum atomic E-state index is -4.80. The fourth-order valence-electron chi connectivity index (χ4n) is 1.79. The van der Waals surface area contributed by atoms with Gasteiger partial charge < -0.3 is 4.90 Å². The Morgan fingerprint density at radius 3 is 1.65 bits per heavy atom. The summed E-state index contributed by atoms with van der Waals surface area (Å²) in [5.41, 5.74) is -3.13. The molecule has 114 valence electrons. The highest BCUT2D eigenvalue weighted by Gasteiger charge is 2.41. The lowest BCUT2D eigenvalue weighted by Gasteiger charge is -2.23. The van der Waals surface area contributed by atoms with E-state index in [0.29, 0.717) is 17.0 Å². The zero-order chi connectivity index (χ0) is 15.7. The molecule has 0 amide bonds. The molecule has 0 saturated heterocycles. The Labute approximate surface area is 113 Å². The molecule has 0 aromatic heterocycles.